The summed E-state index contributed by atoms with van der Waals surface area (Å²) in [5.41, 5.74) is 2.26. The fourth-order valence-electron chi connectivity index (χ4n) is 3.75. The van der Waals surface area contributed by atoms with Gasteiger partial charge in [0.25, 0.3) is 0 Å². The maximum absolute atomic E-state index is 11.4. The molecule has 1 saturated heterocycles. The molecule has 124 valence electrons. The van der Waals surface area contributed by atoms with Crippen molar-refractivity contribution in [3.63, 3.8) is 0 Å². The molecule has 1 heterocycles. The Kier molecular flexibility index (Phi) is 4.55. The minimum absolute atomic E-state index is 0.0260. The van der Waals surface area contributed by atoms with E-state index in [9.17, 15) is 15.0 Å². The van der Waals surface area contributed by atoms with E-state index in [1.807, 2.05) is 38.1 Å². The molecule has 0 aromatic heterocycles. The van der Waals surface area contributed by atoms with Crippen LogP contribution < -0.4 is 0 Å². The average molecular weight is 316 g/mol. The summed E-state index contributed by atoms with van der Waals surface area (Å²) in [6.45, 7) is 4.02. The quantitative estimate of drug-likeness (QED) is 0.661. The van der Waals surface area contributed by atoms with Crippen LogP contribution in [0.15, 0.2) is 36.4 Å². The molecule has 6 unspecified atom stereocenters. The second kappa shape index (κ2) is 6.46. The van der Waals surface area contributed by atoms with Crippen LogP contribution in [0, 0.1) is 18.8 Å². The first kappa shape index (κ1) is 16.2. The van der Waals surface area contributed by atoms with E-state index in [0.717, 1.165) is 5.56 Å². The Morgan fingerprint density at radius 1 is 1.39 bits per heavy atom. The van der Waals surface area contributed by atoms with Crippen LogP contribution in [-0.4, -0.2) is 34.5 Å². The second-order valence-corrected chi connectivity index (χ2v) is 6.85. The summed E-state index contributed by atoms with van der Waals surface area (Å²) in [4.78, 5) is 11.4. The third-order valence-corrected chi connectivity index (χ3v) is 5.19. The zero-order valence-electron chi connectivity index (χ0n) is 13.6. The summed E-state index contributed by atoms with van der Waals surface area (Å²) in [5, 5.41) is 20.6. The smallest absolute Gasteiger partial charge is 0.306 e. The van der Waals surface area contributed by atoms with E-state index in [1.54, 1.807) is 6.08 Å². The van der Waals surface area contributed by atoms with Crippen molar-refractivity contribution in [2.24, 2.45) is 11.8 Å². The number of benzene rings is 1. The summed E-state index contributed by atoms with van der Waals surface area (Å²) in [6, 6.07) is 8.11. The summed E-state index contributed by atoms with van der Waals surface area (Å²) in [6.07, 6.45) is 3.19. The molecular weight excluding hydrogens is 292 g/mol. The highest BCUT2D eigenvalue weighted by molar-refractivity contribution is 5.72. The van der Waals surface area contributed by atoms with Gasteiger partial charge in [-0.1, -0.05) is 48.9 Å². The summed E-state index contributed by atoms with van der Waals surface area (Å²) < 4.78 is 5.23. The fourth-order valence-corrected chi connectivity index (χ4v) is 3.75. The molecule has 0 bridgehead atoms. The van der Waals surface area contributed by atoms with Crippen molar-refractivity contribution >= 4 is 5.97 Å². The van der Waals surface area contributed by atoms with Gasteiger partial charge < -0.3 is 14.9 Å². The third kappa shape index (κ3) is 3.33. The Balaban J connectivity index is 1.68. The third-order valence-electron chi connectivity index (χ3n) is 5.19. The molecule has 4 heteroatoms. The number of hydrogen-bond donors (Lipinski definition) is 2. The molecule has 0 spiro atoms. The van der Waals surface area contributed by atoms with Crippen LogP contribution in [0.25, 0.3) is 0 Å². The van der Waals surface area contributed by atoms with Crippen molar-refractivity contribution in [1.82, 2.24) is 0 Å². The SMILES string of the molecule is Cc1cccc(C(C)C(O)C=CC2C(O)CC3OC(=O)CC32)c1. The molecule has 4 nitrogen and oxygen atoms in total. The zero-order valence-corrected chi connectivity index (χ0v) is 13.6. The van der Waals surface area contributed by atoms with Gasteiger partial charge in [-0.15, -0.1) is 0 Å². The number of fused-ring (bicyclic) bond motifs is 1. The van der Waals surface area contributed by atoms with E-state index < -0.39 is 12.2 Å². The van der Waals surface area contributed by atoms with Crippen LogP contribution in [0.3, 0.4) is 0 Å². The number of carbonyl (C=O) groups is 1. The lowest BCUT2D eigenvalue weighted by atomic mass is 9.89. The molecule has 3 rings (SSSR count). The molecule has 23 heavy (non-hydrogen) atoms. The maximum atomic E-state index is 11.4. The largest absolute Gasteiger partial charge is 0.462 e. The predicted octanol–water partition coefficient (Wildman–Crippen LogP) is 2.33. The first-order chi connectivity index (χ1) is 11.0. The first-order valence-corrected chi connectivity index (χ1v) is 8.26. The molecule has 1 aliphatic carbocycles. The lowest BCUT2D eigenvalue weighted by Gasteiger charge is -2.19. The summed E-state index contributed by atoms with van der Waals surface area (Å²) in [7, 11) is 0. The van der Waals surface area contributed by atoms with Crippen LogP contribution in [-0.2, 0) is 9.53 Å². The van der Waals surface area contributed by atoms with Gasteiger partial charge >= 0.3 is 5.97 Å². The number of esters is 1. The van der Waals surface area contributed by atoms with Crippen LogP contribution in [0.4, 0.5) is 0 Å². The molecule has 1 aliphatic heterocycles. The minimum atomic E-state index is -0.624. The Morgan fingerprint density at radius 3 is 2.91 bits per heavy atom. The van der Waals surface area contributed by atoms with Crippen molar-refractivity contribution in [2.45, 2.75) is 50.9 Å². The molecule has 0 amide bonds. The van der Waals surface area contributed by atoms with Crippen molar-refractivity contribution in [2.75, 3.05) is 0 Å². The zero-order chi connectivity index (χ0) is 16.6. The molecule has 1 aromatic rings. The number of aliphatic hydroxyl groups is 2. The number of rotatable bonds is 4. The molecule has 2 fully saturated rings. The Labute approximate surface area is 136 Å². The highest BCUT2D eigenvalue weighted by Gasteiger charge is 2.48. The van der Waals surface area contributed by atoms with Crippen molar-refractivity contribution in [1.29, 1.82) is 0 Å². The predicted molar refractivity (Wildman–Crippen MR) is 86.8 cm³/mol. The number of ether oxygens (including phenoxy) is 1. The number of aryl methyl sites for hydroxylation is 1. The molecule has 6 atom stereocenters. The van der Waals surface area contributed by atoms with Gasteiger partial charge in [0.2, 0.25) is 0 Å². The standard InChI is InChI=1S/C19H24O4/c1-11-4-3-5-13(8-11)12(2)16(20)7-6-14-15-9-19(22)23-18(15)10-17(14)21/h3-8,12,14-18,20-21H,9-10H2,1-2H3. The molecule has 2 N–H and O–H groups in total. The Bertz CT molecular complexity index is 609. The highest BCUT2D eigenvalue weighted by atomic mass is 16.6. The van der Waals surface area contributed by atoms with Crippen molar-refractivity contribution in [3.05, 3.63) is 47.5 Å². The summed E-state index contributed by atoms with van der Waals surface area (Å²) in [5.74, 6) is -0.290. The fraction of sp³-hybridized carbons (Fsp3) is 0.526. The number of aliphatic hydroxyl groups excluding tert-OH is 2. The van der Waals surface area contributed by atoms with E-state index >= 15 is 0 Å². The average Bonchev–Trinajstić information content (AvgIpc) is 2.99. The van der Waals surface area contributed by atoms with Crippen LogP contribution in [0.1, 0.15) is 36.8 Å². The molecule has 1 saturated carbocycles. The molecule has 1 aromatic carbocycles. The van der Waals surface area contributed by atoms with E-state index in [2.05, 4.69) is 6.07 Å². The van der Waals surface area contributed by atoms with Gasteiger partial charge in [-0.2, -0.15) is 0 Å². The van der Waals surface area contributed by atoms with Gasteiger partial charge in [0.1, 0.15) is 6.10 Å². The van der Waals surface area contributed by atoms with Crippen LogP contribution in [0.5, 0.6) is 0 Å². The normalized spacial score (nSPS) is 32.8. The number of hydrogen-bond acceptors (Lipinski definition) is 4. The van der Waals surface area contributed by atoms with Crippen LogP contribution >= 0.6 is 0 Å². The van der Waals surface area contributed by atoms with Gasteiger partial charge in [-0.05, 0) is 12.5 Å². The lowest BCUT2D eigenvalue weighted by Crippen LogP contribution is -2.19. The molecule has 0 radical (unpaired) electrons. The van der Waals surface area contributed by atoms with Gasteiger partial charge in [0, 0.05) is 24.2 Å². The first-order valence-electron chi connectivity index (χ1n) is 8.26. The Hall–Kier alpha value is -1.65. The number of carbonyl (C=O) groups excluding carboxylic acids is 1. The maximum Gasteiger partial charge on any atom is 0.306 e. The Morgan fingerprint density at radius 2 is 2.17 bits per heavy atom. The van der Waals surface area contributed by atoms with E-state index in [1.165, 1.54) is 5.56 Å². The van der Waals surface area contributed by atoms with Crippen molar-refractivity contribution < 1.29 is 19.7 Å². The van der Waals surface area contributed by atoms with Crippen molar-refractivity contribution in [3.8, 4) is 0 Å². The van der Waals surface area contributed by atoms with Crippen LogP contribution in [0.2, 0.25) is 0 Å². The highest BCUT2D eigenvalue weighted by Crippen LogP contribution is 2.42. The van der Waals surface area contributed by atoms with E-state index in [-0.39, 0.29) is 29.8 Å². The molecule has 2 aliphatic rings. The lowest BCUT2D eigenvalue weighted by molar-refractivity contribution is -0.141. The van der Waals surface area contributed by atoms with E-state index in [4.69, 9.17) is 4.74 Å². The monoisotopic (exact) mass is 316 g/mol. The van der Waals surface area contributed by atoms with E-state index in [0.29, 0.717) is 12.8 Å². The van der Waals surface area contributed by atoms with Gasteiger partial charge in [-0.3, -0.25) is 4.79 Å². The topological polar surface area (TPSA) is 66.8 Å². The second-order valence-electron chi connectivity index (χ2n) is 6.85. The summed E-state index contributed by atoms with van der Waals surface area (Å²) >= 11 is 0. The molecular formula is C19H24O4. The minimum Gasteiger partial charge on any atom is -0.462 e. The van der Waals surface area contributed by atoms with Gasteiger partial charge in [-0.25, -0.2) is 0 Å². The van der Waals surface area contributed by atoms with Gasteiger partial charge in [0.15, 0.2) is 0 Å². The van der Waals surface area contributed by atoms with Gasteiger partial charge in [0.05, 0.1) is 18.6 Å².